The molecule has 0 aromatic carbocycles. The summed E-state index contributed by atoms with van der Waals surface area (Å²) in [6.07, 6.45) is 13.0. The molecular weight excluding hydrogens is 356 g/mol. The van der Waals surface area contributed by atoms with Gasteiger partial charge in [-0.05, 0) is 50.4 Å². The molecule has 0 saturated heterocycles. The third-order valence-corrected chi connectivity index (χ3v) is 6.35. The Hall–Kier alpha value is -0.940. The number of aliphatic hydroxyl groups is 2. The largest absolute Gasteiger partial charge is 0.469 e. The molecule has 0 aromatic rings. The molecule has 0 spiro atoms. The summed E-state index contributed by atoms with van der Waals surface area (Å²) < 4.78 is 4.66. The first-order chi connectivity index (χ1) is 13.5. The van der Waals surface area contributed by atoms with E-state index in [1.54, 1.807) is 0 Å². The average Bonchev–Trinajstić information content (AvgIpc) is 2.69. The fourth-order valence-corrected chi connectivity index (χ4v) is 4.62. The van der Waals surface area contributed by atoms with E-state index >= 15 is 0 Å². The number of unbranched alkanes of at least 4 members (excludes halogenated alkanes) is 5. The van der Waals surface area contributed by atoms with E-state index in [4.69, 9.17) is 0 Å². The van der Waals surface area contributed by atoms with E-state index in [9.17, 15) is 19.8 Å². The number of methoxy groups -OCH3 is 1. The molecule has 1 aliphatic rings. The Kier molecular flexibility index (Phi) is 13.4. The van der Waals surface area contributed by atoms with Crippen LogP contribution in [0.2, 0.25) is 0 Å². The third-order valence-electron chi connectivity index (χ3n) is 6.35. The zero-order valence-corrected chi connectivity index (χ0v) is 18.0. The predicted molar refractivity (Wildman–Crippen MR) is 111 cm³/mol. The number of esters is 1. The number of rotatable bonds is 15. The maximum atomic E-state index is 11.3. The lowest BCUT2D eigenvalue weighted by Gasteiger charge is -2.39. The van der Waals surface area contributed by atoms with E-state index in [1.807, 2.05) is 0 Å². The Labute approximate surface area is 171 Å². The van der Waals surface area contributed by atoms with Gasteiger partial charge in [0.25, 0.3) is 0 Å². The maximum Gasteiger partial charge on any atom is 0.305 e. The molecule has 0 heterocycles. The van der Waals surface area contributed by atoms with Gasteiger partial charge in [-0.1, -0.05) is 51.9 Å². The molecule has 1 saturated carbocycles. The van der Waals surface area contributed by atoms with Crippen LogP contribution in [-0.4, -0.2) is 41.8 Å². The molecule has 0 radical (unpaired) electrons. The number of aliphatic hydroxyl groups excluding tert-OH is 2. The van der Waals surface area contributed by atoms with Crippen molar-refractivity contribution in [3.05, 3.63) is 0 Å². The van der Waals surface area contributed by atoms with Crippen LogP contribution in [0.3, 0.4) is 0 Å². The second-order valence-corrected chi connectivity index (χ2v) is 8.61. The van der Waals surface area contributed by atoms with E-state index < -0.39 is 6.10 Å². The molecule has 1 rings (SSSR count). The van der Waals surface area contributed by atoms with Crippen LogP contribution in [0.1, 0.15) is 96.8 Å². The number of hydrogen-bond donors (Lipinski definition) is 2. The highest BCUT2D eigenvalue weighted by Gasteiger charge is 2.36. The SMILES string of the molecule is CCCCC[C@H](O)CCC1[C@@H](CCCCCCC(=O)OC)CC(C=O)C[C@H]1O. The van der Waals surface area contributed by atoms with Gasteiger partial charge in [0, 0.05) is 12.3 Å². The van der Waals surface area contributed by atoms with Gasteiger partial charge in [-0.3, -0.25) is 4.79 Å². The lowest BCUT2D eigenvalue weighted by molar-refractivity contribution is -0.140. The van der Waals surface area contributed by atoms with Crippen molar-refractivity contribution in [1.82, 2.24) is 0 Å². The number of hydrogen-bond acceptors (Lipinski definition) is 5. The molecule has 0 bridgehead atoms. The van der Waals surface area contributed by atoms with Gasteiger partial charge in [0.05, 0.1) is 19.3 Å². The summed E-state index contributed by atoms with van der Waals surface area (Å²) in [5, 5.41) is 20.8. The van der Waals surface area contributed by atoms with Crippen molar-refractivity contribution in [2.75, 3.05) is 7.11 Å². The van der Waals surface area contributed by atoms with Crippen molar-refractivity contribution in [1.29, 1.82) is 0 Å². The second kappa shape index (κ2) is 15.0. The first-order valence-corrected chi connectivity index (χ1v) is 11.4. The Morgan fingerprint density at radius 3 is 2.50 bits per heavy atom. The monoisotopic (exact) mass is 398 g/mol. The Morgan fingerprint density at radius 2 is 1.82 bits per heavy atom. The Balaban J connectivity index is 2.40. The molecule has 5 nitrogen and oxygen atoms in total. The average molecular weight is 399 g/mol. The van der Waals surface area contributed by atoms with Crippen LogP contribution in [-0.2, 0) is 14.3 Å². The number of carbonyl (C=O) groups is 2. The van der Waals surface area contributed by atoms with Gasteiger partial charge in [-0.2, -0.15) is 0 Å². The fourth-order valence-electron chi connectivity index (χ4n) is 4.62. The van der Waals surface area contributed by atoms with Gasteiger partial charge in [0.2, 0.25) is 0 Å². The summed E-state index contributed by atoms with van der Waals surface area (Å²) in [4.78, 5) is 22.4. The normalized spacial score (nSPS) is 26.0. The molecule has 28 heavy (non-hydrogen) atoms. The van der Waals surface area contributed by atoms with E-state index in [2.05, 4.69) is 11.7 Å². The first-order valence-electron chi connectivity index (χ1n) is 11.4. The van der Waals surface area contributed by atoms with Gasteiger partial charge >= 0.3 is 5.97 Å². The van der Waals surface area contributed by atoms with Gasteiger partial charge in [0.1, 0.15) is 6.29 Å². The van der Waals surface area contributed by atoms with Crippen molar-refractivity contribution in [3.63, 3.8) is 0 Å². The summed E-state index contributed by atoms with van der Waals surface area (Å²) >= 11 is 0. The van der Waals surface area contributed by atoms with Crippen LogP contribution in [0.5, 0.6) is 0 Å². The van der Waals surface area contributed by atoms with Crippen molar-refractivity contribution >= 4 is 12.3 Å². The summed E-state index contributed by atoms with van der Waals surface area (Å²) in [6, 6.07) is 0. The van der Waals surface area contributed by atoms with Crippen LogP contribution in [0.15, 0.2) is 0 Å². The van der Waals surface area contributed by atoms with Gasteiger partial charge < -0.3 is 19.7 Å². The Morgan fingerprint density at radius 1 is 1.07 bits per heavy atom. The van der Waals surface area contributed by atoms with Crippen LogP contribution in [0.25, 0.3) is 0 Å². The highest BCUT2D eigenvalue weighted by atomic mass is 16.5. The minimum Gasteiger partial charge on any atom is -0.469 e. The van der Waals surface area contributed by atoms with Gasteiger partial charge in [-0.25, -0.2) is 0 Å². The second-order valence-electron chi connectivity index (χ2n) is 8.61. The van der Waals surface area contributed by atoms with Crippen LogP contribution >= 0.6 is 0 Å². The smallest absolute Gasteiger partial charge is 0.305 e. The predicted octanol–water partition coefficient (Wildman–Crippen LogP) is 4.42. The van der Waals surface area contributed by atoms with Gasteiger partial charge in [-0.15, -0.1) is 0 Å². The summed E-state index contributed by atoms with van der Waals surface area (Å²) in [7, 11) is 1.42. The topological polar surface area (TPSA) is 83.8 Å². The molecule has 5 atom stereocenters. The molecule has 0 aliphatic heterocycles. The lowest BCUT2D eigenvalue weighted by atomic mass is 9.69. The molecule has 164 valence electrons. The van der Waals surface area contributed by atoms with Gasteiger partial charge in [0.15, 0.2) is 0 Å². The lowest BCUT2D eigenvalue weighted by Crippen LogP contribution is -2.37. The number of carbonyl (C=O) groups excluding carboxylic acids is 2. The molecule has 1 aliphatic carbocycles. The number of aldehydes is 1. The quantitative estimate of drug-likeness (QED) is 0.242. The van der Waals surface area contributed by atoms with E-state index in [-0.39, 0.29) is 23.9 Å². The zero-order chi connectivity index (χ0) is 20.8. The molecule has 2 N–H and O–H groups in total. The van der Waals surface area contributed by atoms with Crippen LogP contribution in [0.4, 0.5) is 0 Å². The van der Waals surface area contributed by atoms with E-state index in [0.717, 1.165) is 83.3 Å². The van der Waals surface area contributed by atoms with Crippen molar-refractivity contribution in [3.8, 4) is 0 Å². The zero-order valence-electron chi connectivity index (χ0n) is 18.0. The van der Waals surface area contributed by atoms with E-state index in [1.165, 1.54) is 7.11 Å². The minimum absolute atomic E-state index is 0.0370. The molecule has 1 fully saturated rings. The first kappa shape index (κ1) is 25.1. The van der Waals surface area contributed by atoms with E-state index in [0.29, 0.717) is 18.8 Å². The van der Waals surface area contributed by atoms with Crippen LogP contribution in [0, 0.1) is 17.8 Å². The summed E-state index contributed by atoms with van der Waals surface area (Å²) in [5.41, 5.74) is 0. The van der Waals surface area contributed by atoms with Crippen molar-refractivity contribution in [2.24, 2.45) is 17.8 Å². The third kappa shape index (κ3) is 10.0. The standard InChI is InChI=1S/C23H42O5/c1-3-4-7-11-20(25)13-14-21-19(15-18(17-24)16-22(21)26)10-8-5-6-9-12-23(27)28-2/h17-22,25-26H,3-16H2,1-2H3/t18?,19-,20-,21?,22+/m0/s1. The maximum absolute atomic E-state index is 11.3. The molecular formula is C23H42O5. The Bertz CT molecular complexity index is 425. The van der Waals surface area contributed by atoms with Crippen LogP contribution < -0.4 is 0 Å². The molecule has 2 unspecified atom stereocenters. The molecule has 0 aromatic heterocycles. The highest BCUT2D eigenvalue weighted by Crippen LogP contribution is 2.39. The summed E-state index contributed by atoms with van der Waals surface area (Å²) in [6.45, 7) is 2.16. The fraction of sp³-hybridized carbons (Fsp3) is 0.913. The highest BCUT2D eigenvalue weighted by molar-refractivity contribution is 5.68. The molecule has 5 heteroatoms. The van der Waals surface area contributed by atoms with Crippen molar-refractivity contribution in [2.45, 2.75) is 109 Å². The minimum atomic E-state index is -0.434. The van der Waals surface area contributed by atoms with Crippen molar-refractivity contribution < 1.29 is 24.5 Å². The summed E-state index contributed by atoms with van der Waals surface area (Å²) in [5.74, 6) is 0.348. The number of ether oxygens (including phenoxy) is 1. The molecule has 0 amide bonds.